The standard InChI is InChI=1S/C20H22N2O4/c1-12-15(18(24)25)6-5-7-16(12)22-17(23)13-8-10-14(11-9-13)21-19(26)20(2,3)4/h5-11H,1-4H3,(H,21,26)(H,22,23)(H,24,25). The first kappa shape index (κ1) is 19.2. The quantitative estimate of drug-likeness (QED) is 0.775. The van der Waals surface area contributed by atoms with Gasteiger partial charge in [0.15, 0.2) is 0 Å². The Morgan fingerprint density at radius 1 is 0.923 bits per heavy atom. The molecule has 6 nitrogen and oxygen atoms in total. The van der Waals surface area contributed by atoms with Crippen LogP contribution in [0.25, 0.3) is 0 Å². The van der Waals surface area contributed by atoms with Crippen molar-refractivity contribution >= 4 is 29.2 Å². The Bertz CT molecular complexity index is 849. The van der Waals surface area contributed by atoms with Gasteiger partial charge in [0.05, 0.1) is 5.56 Å². The lowest BCUT2D eigenvalue weighted by Gasteiger charge is -2.17. The van der Waals surface area contributed by atoms with Gasteiger partial charge < -0.3 is 15.7 Å². The van der Waals surface area contributed by atoms with Gasteiger partial charge in [0.25, 0.3) is 5.91 Å². The van der Waals surface area contributed by atoms with E-state index in [0.717, 1.165) is 0 Å². The summed E-state index contributed by atoms with van der Waals surface area (Å²) in [7, 11) is 0. The number of rotatable bonds is 4. The van der Waals surface area contributed by atoms with Crippen LogP contribution in [0.4, 0.5) is 11.4 Å². The Balaban J connectivity index is 2.13. The minimum absolute atomic E-state index is 0.115. The van der Waals surface area contributed by atoms with Crippen LogP contribution in [-0.2, 0) is 4.79 Å². The van der Waals surface area contributed by atoms with E-state index in [1.165, 1.54) is 6.07 Å². The lowest BCUT2D eigenvalue weighted by molar-refractivity contribution is -0.123. The first-order valence-corrected chi connectivity index (χ1v) is 8.15. The summed E-state index contributed by atoms with van der Waals surface area (Å²) < 4.78 is 0. The highest BCUT2D eigenvalue weighted by molar-refractivity contribution is 6.06. The smallest absolute Gasteiger partial charge is 0.336 e. The molecule has 2 aromatic rings. The molecule has 0 bridgehead atoms. The molecule has 2 rings (SSSR count). The zero-order chi connectivity index (χ0) is 19.5. The number of hydrogen-bond donors (Lipinski definition) is 3. The van der Waals surface area contributed by atoms with Crippen LogP contribution in [0.2, 0.25) is 0 Å². The molecule has 0 aliphatic heterocycles. The normalized spacial score (nSPS) is 10.9. The van der Waals surface area contributed by atoms with Crippen LogP contribution in [0.1, 0.15) is 47.1 Å². The summed E-state index contributed by atoms with van der Waals surface area (Å²) in [4.78, 5) is 35.6. The second kappa shape index (κ2) is 7.39. The molecular weight excluding hydrogens is 332 g/mol. The van der Waals surface area contributed by atoms with E-state index in [1.807, 2.05) is 20.8 Å². The number of benzene rings is 2. The summed E-state index contributed by atoms with van der Waals surface area (Å²) in [5.41, 5.74) is 1.57. The van der Waals surface area contributed by atoms with Crippen molar-refractivity contribution < 1.29 is 19.5 Å². The van der Waals surface area contributed by atoms with Crippen LogP contribution in [0.15, 0.2) is 42.5 Å². The molecule has 0 saturated carbocycles. The first-order chi connectivity index (χ1) is 12.1. The molecule has 0 aliphatic carbocycles. The van der Waals surface area contributed by atoms with Crippen LogP contribution in [0.3, 0.4) is 0 Å². The zero-order valence-corrected chi connectivity index (χ0v) is 15.2. The van der Waals surface area contributed by atoms with Gasteiger partial charge in [-0.25, -0.2) is 4.79 Å². The molecule has 0 fully saturated rings. The summed E-state index contributed by atoms with van der Waals surface area (Å²) in [6.45, 7) is 7.09. The fraction of sp³-hybridized carbons (Fsp3) is 0.250. The van der Waals surface area contributed by atoms with E-state index in [0.29, 0.717) is 22.5 Å². The van der Waals surface area contributed by atoms with Gasteiger partial charge in [0.1, 0.15) is 0 Å². The Hall–Kier alpha value is -3.15. The number of aromatic carboxylic acids is 1. The average Bonchev–Trinajstić information content (AvgIpc) is 2.56. The molecule has 0 aromatic heterocycles. The monoisotopic (exact) mass is 354 g/mol. The minimum atomic E-state index is -1.04. The second-order valence-corrected chi connectivity index (χ2v) is 7.02. The predicted molar refractivity (Wildman–Crippen MR) is 101 cm³/mol. The summed E-state index contributed by atoms with van der Waals surface area (Å²) in [6.07, 6.45) is 0. The third-order valence-corrected chi connectivity index (χ3v) is 3.90. The largest absolute Gasteiger partial charge is 0.478 e. The van der Waals surface area contributed by atoms with Crippen molar-refractivity contribution in [3.8, 4) is 0 Å². The molecule has 0 saturated heterocycles. The Labute approximate surface area is 152 Å². The van der Waals surface area contributed by atoms with Gasteiger partial charge in [-0.05, 0) is 48.9 Å². The van der Waals surface area contributed by atoms with Crippen molar-refractivity contribution in [1.82, 2.24) is 0 Å². The highest BCUT2D eigenvalue weighted by Crippen LogP contribution is 2.21. The fourth-order valence-electron chi connectivity index (χ4n) is 2.22. The third kappa shape index (κ3) is 4.47. The number of carbonyl (C=O) groups excluding carboxylic acids is 2. The second-order valence-electron chi connectivity index (χ2n) is 7.02. The molecule has 6 heteroatoms. The molecule has 0 heterocycles. The van der Waals surface area contributed by atoms with E-state index in [2.05, 4.69) is 10.6 Å². The molecule has 0 radical (unpaired) electrons. The van der Waals surface area contributed by atoms with E-state index in [4.69, 9.17) is 5.11 Å². The SMILES string of the molecule is Cc1c(NC(=O)c2ccc(NC(=O)C(C)(C)C)cc2)cccc1C(=O)O. The maximum Gasteiger partial charge on any atom is 0.336 e. The minimum Gasteiger partial charge on any atom is -0.478 e. The number of nitrogens with one attached hydrogen (secondary N) is 2. The van der Waals surface area contributed by atoms with Crippen molar-refractivity contribution in [2.45, 2.75) is 27.7 Å². The lowest BCUT2D eigenvalue weighted by Crippen LogP contribution is -2.27. The number of carboxylic acids is 1. The average molecular weight is 354 g/mol. The number of carbonyl (C=O) groups is 3. The molecule has 136 valence electrons. The van der Waals surface area contributed by atoms with Gasteiger partial charge in [-0.15, -0.1) is 0 Å². The highest BCUT2D eigenvalue weighted by Gasteiger charge is 2.21. The van der Waals surface area contributed by atoms with Crippen molar-refractivity contribution in [2.75, 3.05) is 10.6 Å². The van der Waals surface area contributed by atoms with Crippen molar-refractivity contribution in [3.05, 3.63) is 59.2 Å². The van der Waals surface area contributed by atoms with Crippen molar-refractivity contribution in [3.63, 3.8) is 0 Å². The van der Waals surface area contributed by atoms with Gasteiger partial charge >= 0.3 is 5.97 Å². The number of carboxylic acid groups (broad SMARTS) is 1. The molecule has 2 aromatic carbocycles. The van der Waals surface area contributed by atoms with E-state index in [9.17, 15) is 14.4 Å². The molecule has 0 spiro atoms. The van der Waals surface area contributed by atoms with E-state index < -0.39 is 11.4 Å². The Morgan fingerprint density at radius 3 is 2.08 bits per heavy atom. The first-order valence-electron chi connectivity index (χ1n) is 8.15. The topological polar surface area (TPSA) is 95.5 Å². The van der Waals surface area contributed by atoms with Gasteiger partial charge in [-0.1, -0.05) is 26.8 Å². The van der Waals surface area contributed by atoms with E-state index in [1.54, 1.807) is 43.3 Å². The number of anilines is 2. The fourth-order valence-corrected chi connectivity index (χ4v) is 2.22. The van der Waals surface area contributed by atoms with Crippen LogP contribution in [0.5, 0.6) is 0 Å². The van der Waals surface area contributed by atoms with Crippen LogP contribution < -0.4 is 10.6 Å². The maximum absolute atomic E-state index is 12.4. The van der Waals surface area contributed by atoms with Gasteiger partial charge in [-0.2, -0.15) is 0 Å². The maximum atomic E-state index is 12.4. The molecule has 2 amide bonds. The zero-order valence-electron chi connectivity index (χ0n) is 15.2. The molecule has 0 aliphatic rings. The van der Waals surface area contributed by atoms with Gasteiger partial charge in [0, 0.05) is 22.4 Å². The molecule has 3 N–H and O–H groups in total. The molecular formula is C20H22N2O4. The van der Waals surface area contributed by atoms with Crippen LogP contribution in [0, 0.1) is 12.3 Å². The van der Waals surface area contributed by atoms with Crippen molar-refractivity contribution in [2.24, 2.45) is 5.41 Å². The molecule has 0 atom stereocenters. The molecule has 26 heavy (non-hydrogen) atoms. The summed E-state index contributed by atoms with van der Waals surface area (Å²) >= 11 is 0. The highest BCUT2D eigenvalue weighted by atomic mass is 16.4. The van der Waals surface area contributed by atoms with Gasteiger partial charge in [0.2, 0.25) is 5.91 Å². The third-order valence-electron chi connectivity index (χ3n) is 3.90. The molecule has 0 unspecified atom stereocenters. The van der Waals surface area contributed by atoms with E-state index in [-0.39, 0.29) is 17.4 Å². The summed E-state index contributed by atoms with van der Waals surface area (Å²) in [6, 6.07) is 11.2. The van der Waals surface area contributed by atoms with Crippen LogP contribution in [-0.4, -0.2) is 22.9 Å². The Morgan fingerprint density at radius 2 is 1.54 bits per heavy atom. The summed E-state index contributed by atoms with van der Waals surface area (Å²) in [5.74, 6) is -1.52. The predicted octanol–water partition coefficient (Wildman–Crippen LogP) is 3.93. The lowest BCUT2D eigenvalue weighted by atomic mass is 9.95. The van der Waals surface area contributed by atoms with Crippen molar-refractivity contribution in [1.29, 1.82) is 0 Å². The number of hydrogen-bond acceptors (Lipinski definition) is 3. The van der Waals surface area contributed by atoms with Crippen LogP contribution >= 0.6 is 0 Å². The van der Waals surface area contributed by atoms with E-state index >= 15 is 0 Å². The summed E-state index contributed by atoms with van der Waals surface area (Å²) in [5, 5.41) is 14.7. The Kier molecular flexibility index (Phi) is 5.45. The van der Waals surface area contributed by atoms with Gasteiger partial charge in [-0.3, -0.25) is 9.59 Å². The number of amides is 2.